The highest BCUT2D eigenvalue weighted by molar-refractivity contribution is 14.0. The van der Waals surface area contributed by atoms with Crippen molar-refractivity contribution in [1.82, 2.24) is 25.7 Å². The van der Waals surface area contributed by atoms with Crippen molar-refractivity contribution in [2.75, 3.05) is 13.1 Å². The number of aliphatic imine (C=N–C) groups is 1. The lowest BCUT2D eigenvalue weighted by Crippen LogP contribution is -2.48. The summed E-state index contributed by atoms with van der Waals surface area (Å²) >= 11 is 0. The van der Waals surface area contributed by atoms with Crippen LogP contribution in [0.4, 0.5) is 0 Å². The molecule has 0 unspecified atom stereocenters. The molecule has 8 heteroatoms. The van der Waals surface area contributed by atoms with Gasteiger partial charge in [-0.15, -0.1) is 24.0 Å². The minimum absolute atomic E-state index is 0. The van der Waals surface area contributed by atoms with Crippen LogP contribution in [0.2, 0.25) is 0 Å². The average molecular weight is 512 g/mol. The third-order valence-electron chi connectivity index (χ3n) is 3.91. The molecular weight excluding hydrogens is 479 g/mol. The minimum Gasteiger partial charge on any atom is -0.357 e. The Morgan fingerprint density at radius 2 is 1.86 bits per heavy atom. The molecule has 0 fully saturated rings. The van der Waals surface area contributed by atoms with Crippen LogP contribution in [-0.4, -0.2) is 40.3 Å². The molecule has 0 saturated heterocycles. The van der Waals surface area contributed by atoms with E-state index in [0.717, 1.165) is 22.6 Å². The van der Waals surface area contributed by atoms with E-state index in [9.17, 15) is 4.79 Å². The largest absolute Gasteiger partial charge is 0.357 e. The SMILES string of the molecule is CCNC(=NCc1ccccc1-n1nc(C)cc1C)NCC(=O)NC(C)(C)C.I. The van der Waals surface area contributed by atoms with Crippen molar-refractivity contribution in [2.24, 2.45) is 4.99 Å². The fraction of sp³-hybridized carbons (Fsp3) is 0.476. The highest BCUT2D eigenvalue weighted by Gasteiger charge is 2.14. The Hall–Kier alpha value is -2.10. The molecule has 3 N–H and O–H groups in total. The van der Waals surface area contributed by atoms with Crippen molar-refractivity contribution in [1.29, 1.82) is 0 Å². The number of aryl methyl sites for hydroxylation is 2. The quantitative estimate of drug-likeness (QED) is 0.316. The molecule has 0 aliphatic rings. The third kappa shape index (κ3) is 8.04. The zero-order valence-electron chi connectivity index (χ0n) is 18.2. The highest BCUT2D eigenvalue weighted by atomic mass is 127. The summed E-state index contributed by atoms with van der Waals surface area (Å²) in [6.45, 7) is 13.3. The normalized spacial score (nSPS) is 11.6. The van der Waals surface area contributed by atoms with Gasteiger partial charge in [0.1, 0.15) is 0 Å². The smallest absolute Gasteiger partial charge is 0.239 e. The lowest BCUT2D eigenvalue weighted by atomic mass is 10.1. The van der Waals surface area contributed by atoms with Crippen molar-refractivity contribution >= 4 is 35.8 Å². The highest BCUT2D eigenvalue weighted by Crippen LogP contribution is 2.17. The molecule has 0 spiro atoms. The standard InChI is InChI=1S/C21H32N6O.HI/c1-7-22-20(24-14-19(28)25-21(4,5)6)23-13-17-10-8-9-11-18(17)27-16(3)12-15(2)26-27;/h8-12H,7,13-14H2,1-6H3,(H,25,28)(H2,22,23,24);1H. The molecule has 29 heavy (non-hydrogen) atoms. The van der Waals surface area contributed by atoms with E-state index in [2.05, 4.69) is 32.1 Å². The number of para-hydroxylation sites is 1. The fourth-order valence-electron chi connectivity index (χ4n) is 2.86. The Morgan fingerprint density at radius 1 is 1.17 bits per heavy atom. The second-order valence-electron chi connectivity index (χ2n) is 7.81. The summed E-state index contributed by atoms with van der Waals surface area (Å²) < 4.78 is 1.94. The van der Waals surface area contributed by atoms with Gasteiger partial charge in [-0.25, -0.2) is 9.67 Å². The van der Waals surface area contributed by atoms with Gasteiger partial charge in [-0.3, -0.25) is 4.79 Å². The molecule has 1 aromatic heterocycles. The maximum atomic E-state index is 12.1. The van der Waals surface area contributed by atoms with Crippen LogP contribution in [0.25, 0.3) is 5.69 Å². The molecule has 0 atom stereocenters. The molecule has 0 radical (unpaired) electrons. The Kier molecular flexibility index (Phi) is 9.61. The van der Waals surface area contributed by atoms with Crippen LogP contribution in [0.15, 0.2) is 35.3 Å². The van der Waals surface area contributed by atoms with E-state index in [4.69, 9.17) is 0 Å². The Labute approximate surface area is 190 Å². The Morgan fingerprint density at radius 3 is 2.45 bits per heavy atom. The topological polar surface area (TPSA) is 83.3 Å². The number of rotatable bonds is 6. The number of aromatic nitrogens is 2. The van der Waals surface area contributed by atoms with Gasteiger partial charge in [-0.1, -0.05) is 18.2 Å². The molecule has 1 amide bonds. The van der Waals surface area contributed by atoms with Gasteiger partial charge in [0.05, 0.1) is 24.5 Å². The zero-order chi connectivity index (χ0) is 20.7. The molecule has 0 aliphatic carbocycles. The maximum Gasteiger partial charge on any atom is 0.239 e. The summed E-state index contributed by atoms with van der Waals surface area (Å²) in [6.07, 6.45) is 0. The first-order valence-corrected chi connectivity index (χ1v) is 9.64. The molecular formula is C21H33IN6O. The summed E-state index contributed by atoms with van der Waals surface area (Å²) in [4.78, 5) is 16.7. The van der Waals surface area contributed by atoms with Crippen LogP contribution in [0.5, 0.6) is 0 Å². The van der Waals surface area contributed by atoms with Gasteiger partial charge in [0, 0.05) is 17.8 Å². The second kappa shape index (κ2) is 11.2. The fourth-order valence-corrected chi connectivity index (χ4v) is 2.86. The number of hydrogen-bond acceptors (Lipinski definition) is 3. The number of carbonyl (C=O) groups is 1. The number of guanidine groups is 1. The van der Waals surface area contributed by atoms with E-state index < -0.39 is 0 Å². The zero-order valence-corrected chi connectivity index (χ0v) is 20.5. The maximum absolute atomic E-state index is 12.1. The van der Waals surface area contributed by atoms with Gasteiger partial charge in [0.2, 0.25) is 5.91 Å². The summed E-state index contributed by atoms with van der Waals surface area (Å²) in [7, 11) is 0. The molecule has 0 saturated carbocycles. The molecule has 2 aromatic rings. The number of amides is 1. The van der Waals surface area contributed by atoms with Gasteiger partial charge in [-0.05, 0) is 59.2 Å². The average Bonchev–Trinajstić information content (AvgIpc) is 2.94. The van der Waals surface area contributed by atoms with E-state index in [1.165, 1.54) is 0 Å². The number of halogens is 1. The van der Waals surface area contributed by atoms with E-state index in [0.29, 0.717) is 19.0 Å². The number of nitrogens with zero attached hydrogens (tertiary/aromatic N) is 3. The van der Waals surface area contributed by atoms with Crippen molar-refractivity contribution in [3.63, 3.8) is 0 Å². The van der Waals surface area contributed by atoms with Crippen molar-refractivity contribution in [3.8, 4) is 5.69 Å². The molecule has 1 aromatic carbocycles. The number of hydrogen-bond donors (Lipinski definition) is 3. The minimum atomic E-state index is -0.257. The van der Waals surface area contributed by atoms with Crippen molar-refractivity contribution in [3.05, 3.63) is 47.3 Å². The van der Waals surface area contributed by atoms with Crippen molar-refractivity contribution < 1.29 is 4.79 Å². The first kappa shape index (κ1) is 24.9. The molecule has 7 nitrogen and oxygen atoms in total. The monoisotopic (exact) mass is 512 g/mol. The Bertz CT molecular complexity index is 838. The van der Waals surface area contributed by atoms with Crippen LogP contribution in [0.3, 0.4) is 0 Å². The number of carbonyl (C=O) groups excluding carboxylic acids is 1. The third-order valence-corrected chi connectivity index (χ3v) is 3.91. The van der Waals surface area contributed by atoms with Crippen LogP contribution in [0, 0.1) is 13.8 Å². The summed E-state index contributed by atoms with van der Waals surface area (Å²) in [5, 5.41) is 13.8. The lowest BCUT2D eigenvalue weighted by Gasteiger charge is -2.21. The van der Waals surface area contributed by atoms with E-state index in [-0.39, 0.29) is 42.0 Å². The summed E-state index contributed by atoms with van der Waals surface area (Å²) in [6, 6.07) is 10.1. The first-order chi connectivity index (χ1) is 13.2. The van der Waals surface area contributed by atoms with E-state index >= 15 is 0 Å². The van der Waals surface area contributed by atoms with Gasteiger partial charge < -0.3 is 16.0 Å². The van der Waals surface area contributed by atoms with Crippen molar-refractivity contribution in [2.45, 2.75) is 53.6 Å². The summed E-state index contributed by atoms with van der Waals surface area (Å²) in [5.41, 5.74) is 3.88. The van der Waals surface area contributed by atoms with Gasteiger partial charge >= 0.3 is 0 Å². The lowest BCUT2D eigenvalue weighted by molar-refractivity contribution is -0.121. The van der Waals surface area contributed by atoms with Crippen LogP contribution < -0.4 is 16.0 Å². The second-order valence-corrected chi connectivity index (χ2v) is 7.81. The first-order valence-electron chi connectivity index (χ1n) is 9.64. The van der Waals surface area contributed by atoms with Crippen LogP contribution in [0.1, 0.15) is 44.6 Å². The van der Waals surface area contributed by atoms with Gasteiger partial charge in [0.25, 0.3) is 0 Å². The predicted octanol–water partition coefficient (Wildman–Crippen LogP) is 3.08. The number of nitrogens with one attached hydrogen (secondary N) is 3. The van der Waals surface area contributed by atoms with Crippen LogP contribution in [-0.2, 0) is 11.3 Å². The summed E-state index contributed by atoms with van der Waals surface area (Å²) in [5.74, 6) is 0.538. The van der Waals surface area contributed by atoms with E-state index in [1.54, 1.807) is 0 Å². The molecule has 0 bridgehead atoms. The molecule has 160 valence electrons. The predicted molar refractivity (Wildman–Crippen MR) is 129 cm³/mol. The molecule has 0 aliphatic heterocycles. The Balaban J connectivity index is 0.00000420. The molecule has 2 rings (SSSR count). The van der Waals surface area contributed by atoms with Gasteiger partial charge in [-0.2, -0.15) is 5.10 Å². The molecule has 1 heterocycles. The van der Waals surface area contributed by atoms with E-state index in [1.807, 2.05) is 70.5 Å². The van der Waals surface area contributed by atoms with Crippen LogP contribution >= 0.6 is 24.0 Å². The number of benzene rings is 1. The van der Waals surface area contributed by atoms with Gasteiger partial charge in [0.15, 0.2) is 5.96 Å².